The van der Waals surface area contributed by atoms with Crippen molar-refractivity contribution in [3.8, 4) is 0 Å². The van der Waals surface area contributed by atoms with Crippen LogP contribution in [0.15, 0.2) is 36.4 Å². The predicted octanol–water partition coefficient (Wildman–Crippen LogP) is 4.81. The summed E-state index contributed by atoms with van der Waals surface area (Å²) < 4.78 is 0. The average molecular weight is 281 g/mol. The first kappa shape index (κ1) is 15.8. The third-order valence-corrected chi connectivity index (χ3v) is 4.06. The highest BCUT2D eigenvalue weighted by atomic mass is 14.9. The zero-order chi connectivity index (χ0) is 15.4. The van der Waals surface area contributed by atoms with Crippen LogP contribution < -0.4 is 5.32 Å². The molecule has 1 atom stereocenters. The van der Waals surface area contributed by atoms with Gasteiger partial charge in [0.1, 0.15) is 0 Å². The van der Waals surface area contributed by atoms with E-state index in [1.54, 1.807) is 0 Å². The largest absolute Gasteiger partial charge is 0.310 e. The molecule has 2 aromatic rings. The molecular formula is C20H27N. The third-order valence-electron chi connectivity index (χ3n) is 4.06. The molecule has 21 heavy (non-hydrogen) atoms. The van der Waals surface area contributed by atoms with Crippen molar-refractivity contribution >= 4 is 0 Å². The number of hydrogen-bond donors (Lipinski definition) is 1. The second-order valence-corrected chi connectivity index (χ2v) is 6.12. The second kappa shape index (κ2) is 6.91. The number of benzene rings is 2. The zero-order valence-corrected chi connectivity index (χ0v) is 14.0. The van der Waals surface area contributed by atoms with Crippen molar-refractivity contribution in [3.63, 3.8) is 0 Å². The first-order valence-electron chi connectivity index (χ1n) is 7.88. The molecule has 0 amide bonds. The van der Waals surface area contributed by atoms with Crippen LogP contribution in [0.1, 0.15) is 46.3 Å². The highest BCUT2D eigenvalue weighted by Gasteiger charge is 2.16. The molecule has 0 spiro atoms. The molecule has 0 saturated carbocycles. The van der Waals surface area contributed by atoms with Gasteiger partial charge in [0.2, 0.25) is 0 Å². The summed E-state index contributed by atoms with van der Waals surface area (Å²) in [5, 5.41) is 3.67. The monoisotopic (exact) mass is 281 g/mol. The highest BCUT2D eigenvalue weighted by Crippen LogP contribution is 2.26. The summed E-state index contributed by atoms with van der Waals surface area (Å²) >= 11 is 0. The van der Waals surface area contributed by atoms with E-state index in [9.17, 15) is 0 Å². The van der Waals surface area contributed by atoms with Crippen LogP contribution in [0.3, 0.4) is 0 Å². The minimum absolute atomic E-state index is 0.386. The fourth-order valence-corrected chi connectivity index (χ4v) is 3.32. The van der Waals surface area contributed by atoms with Gasteiger partial charge in [-0.15, -0.1) is 0 Å². The smallest absolute Gasteiger partial charge is 0.0366 e. The Balaban J connectivity index is 2.35. The molecule has 1 unspecified atom stereocenters. The van der Waals surface area contributed by atoms with Gasteiger partial charge in [0.25, 0.3) is 0 Å². The molecule has 0 saturated heterocycles. The lowest BCUT2D eigenvalue weighted by molar-refractivity contribution is 0.544. The fourth-order valence-electron chi connectivity index (χ4n) is 3.32. The van der Waals surface area contributed by atoms with Crippen LogP contribution in [0.4, 0.5) is 0 Å². The van der Waals surface area contributed by atoms with Gasteiger partial charge in [-0.3, -0.25) is 0 Å². The predicted molar refractivity (Wildman–Crippen MR) is 92.0 cm³/mol. The first-order valence-corrected chi connectivity index (χ1v) is 7.88. The fraction of sp³-hybridized carbons (Fsp3) is 0.400. The van der Waals surface area contributed by atoms with Gasteiger partial charge in [-0.05, 0) is 62.9 Å². The number of aryl methyl sites for hydroxylation is 4. The Morgan fingerprint density at radius 1 is 0.905 bits per heavy atom. The zero-order valence-electron chi connectivity index (χ0n) is 14.0. The van der Waals surface area contributed by atoms with Crippen molar-refractivity contribution in [1.29, 1.82) is 0 Å². The lowest BCUT2D eigenvalue weighted by atomic mass is 9.91. The van der Waals surface area contributed by atoms with Crippen LogP contribution in [0.2, 0.25) is 0 Å². The molecule has 0 heterocycles. The minimum atomic E-state index is 0.386. The van der Waals surface area contributed by atoms with Crippen molar-refractivity contribution in [1.82, 2.24) is 5.32 Å². The summed E-state index contributed by atoms with van der Waals surface area (Å²) in [5.41, 5.74) is 8.33. The molecule has 112 valence electrons. The lowest BCUT2D eigenvalue weighted by Crippen LogP contribution is -2.24. The molecule has 0 bridgehead atoms. The Morgan fingerprint density at radius 3 is 2.00 bits per heavy atom. The first-order chi connectivity index (χ1) is 10.0. The summed E-state index contributed by atoms with van der Waals surface area (Å²) in [7, 11) is 0. The number of hydrogen-bond acceptors (Lipinski definition) is 1. The number of nitrogens with one attached hydrogen (secondary N) is 1. The van der Waals surface area contributed by atoms with E-state index >= 15 is 0 Å². The molecule has 0 aliphatic carbocycles. The van der Waals surface area contributed by atoms with E-state index in [2.05, 4.69) is 76.3 Å². The second-order valence-electron chi connectivity index (χ2n) is 6.12. The summed E-state index contributed by atoms with van der Waals surface area (Å²) in [6.07, 6.45) is 1.04. The highest BCUT2D eigenvalue weighted by molar-refractivity contribution is 5.38. The van der Waals surface area contributed by atoms with Crippen LogP contribution in [0.25, 0.3) is 0 Å². The maximum atomic E-state index is 3.67. The van der Waals surface area contributed by atoms with E-state index in [4.69, 9.17) is 0 Å². The molecule has 1 N–H and O–H groups in total. The van der Waals surface area contributed by atoms with Gasteiger partial charge in [0.15, 0.2) is 0 Å². The van der Waals surface area contributed by atoms with Crippen LogP contribution in [-0.4, -0.2) is 6.54 Å². The van der Waals surface area contributed by atoms with Crippen molar-refractivity contribution in [3.05, 3.63) is 69.8 Å². The van der Waals surface area contributed by atoms with Crippen LogP contribution in [0.5, 0.6) is 0 Å². The van der Waals surface area contributed by atoms with E-state index in [0.29, 0.717) is 6.04 Å². The summed E-state index contributed by atoms with van der Waals surface area (Å²) in [4.78, 5) is 0. The molecule has 1 heteroatoms. The van der Waals surface area contributed by atoms with Crippen molar-refractivity contribution in [2.45, 2.75) is 47.1 Å². The standard InChI is InChI=1S/C20H27N/c1-6-21-19(20-16(4)8-7-9-17(20)5)13-18-11-14(2)10-15(3)12-18/h7-12,19,21H,6,13H2,1-5H3. The molecule has 0 fully saturated rings. The molecule has 1 nitrogen and oxygen atoms in total. The minimum Gasteiger partial charge on any atom is -0.310 e. The normalized spacial score (nSPS) is 12.4. The Bertz CT molecular complexity index is 573. The van der Waals surface area contributed by atoms with Gasteiger partial charge in [-0.1, -0.05) is 54.4 Å². The van der Waals surface area contributed by atoms with E-state index in [0.717, 1.165) is 13.0 Å². The van der Waals surface area contributed by atoms with Gasteiger partial charge in [-0.2, -0.15) is 0 Å². The number of likely N-dealkylation sites (N-methyl/N-ethyl adjacent to an activating group) is 1. The van der Waals surface area contributed by atoms with Gasteiger partial charge in [-0.25, -0.2) is 0 Å². The Kier molecular flexibility index (Phi) is 5.19. The Labute approximate surface area is 129 Å². The summed E-state index contributed by atoms with van der Waals surface area (Å²) in [5.74, 6) is 0. The van der Waals surface area contributed by atoms with Gasteiger partial charge in [0, 0.05) is 6.04 Å². The molecule has 0 aliphatic heterocycles. The molecular weight excluding hydrogens is 254 g/mol. The quantitative estimate of drug-likeness (QED) is 0.829. The molecule has 0 aromatic heterocycles. The molecule has 0 radical (unpaired) electrons. The molecule has 0 aliphatic rings. The van der Waals surface area contributed by atoms with Crippen molar-refractivity contribution in [2.75, 3.05) is 6.54 Å². The van der Waals surface area contributed by atoms with E-state index < -0.39 is 0 Å². The lowest BCUT2D eigenvalue weighted by Gasteiger charge is -2.23. The maximum absolute atomic E-state index is 3.67. The van der Waals surface area contributed by atoms with Crippen molar-refractivity contribution < 1.29 is 0 Å². The third kappa shape index (κ3) is 3.95. The topological polar surface area (TPSA) is 12.0 Å². The van der Waals surface area contributed by atoms with Gasteiger partial charge in [0.05, 0.1) is 0 Å². The Morgan fingerprint density at radius 2 is 1.48 bits per heavy atom. The van der Waals surface area contributed by atoms with Crippen LogP contribution in [-0.2, 0) is 6.42 Å². The molecule has 2 rings (SSSR count). The summed E-state index contributed by atoms with van der Waals surface area (Å²) in [6, 6.07) is 13.8. The molecule has 2 aromatic carbocycles. The summed E-state index contributed by atoms with van der Waals surface area (Å²) in [6.45, 7) is 12.0. The SMILES string of the molecule is CCNC(Cc1cc(C)cc(C)c1)c1c(C)cccc1C. The van der Waals surface area contributed by atoms with Gasteiger partial charge >= 0.3 is 0 Å². The van der Waals surface area contributed by atoms with E-state index in [1.165, 1.54) is 33.4 Å². The van der Waals surface area contributed by atoms with Crippen LogP contribution in [0, 0.1) is 27.7 Å². The number of rotatable bonds is 5. The maximum Gasteiger partial charge on any atom is 0.0366 e. The van der Waals surface area contributed by atoms with Gasteiger partial charge < -0.3 is 5.32 Å². The van der Waals surface area contributed by atoms with Crippen molar-refractivity contribution in [2.24, 2.45) is 0 Å². The van der Waals surface area contributed by atoms with E-state index in [1.807, 2.05) is 0 Å². The average Bonchev–Trinajstić information content (AvgIpc) is 2.37. The van der Waals surface area contributed by atoms with E-state index in [-0.39, 0.29) is 0 Å². The Hall–Kier alpha value is -1.60. The van der Waals surface area contributed by atoms with Crippen LogP contribution >= 0.6 is 0 Å².